The number of benzene rings is 1. The SMILES string of the molecule is CCN1CCCCC(CNC)C1c1ccc(SC)cc1. The second-order valence-electron chi connectivity index (χ2n) is 5.66. The van der Waals surface area contributed by atoms with Gasteiger partial charge in [-0.15, -0.1) is 11.8 Å². The van der Waals surface area contributed by atoms with Gasteiger partial charge in [0.05, 0.1) is 0 Å². The number of rotatable bonds is 5. The quantitative estimate of drug-likeness (QED) is 0.831. The number of likely N-dealkylation sites (tertiary alicyclic amines) is 1. The van der Waals surface area contributed by atoms with Crippen LogP contribution in [0, 0.1) is 5.92 Å². The first-order valence-electron chi connectivity index (χ1n) is 7.82. The molecule has 0 amide bonds. The van der Waals surface area contributed by atoms with Crippen LogP contribution in [0.15, 0.2) is 29.2 Å². The third-order valence-corrected chi connectivity index (χ3v) is 5.18. The van der Waals surface area contributed by atoms with Crippen LogP contribution in [0.3, 0.4) is 0 Å². The number of hydrogen-bond donors (Lipinski definition) is 1. The summed E-state index contributed by atoms with van der Waals surface area (Å²) in [5.74, 6) is 0.725. The fraction of sp³-hybridized carbons (Fsp3) is 0.647. The van der Waals surface area contributed by atoms with Gasteiger partial charge in [0.2, 0.25) is 0 Å². The lowest BCUT2D eigenvalue weighted by Gasteiger charge is -2.35. The van der Waals surface area contributed by atoms with Crippen LogP contribution in [0.4, 0.5) is 0 Å². The van der Waals surface area contributed by atoms with Gasteiger partial charge in [0, 0.05) is 10.9 Å². The first kappa shape index (κ1) is 15.9. The molecule has 1 aromatic carbocycles. The Morgan fingerprint density at radius 2 is 2.00 bits per heavy atom. The van der Waals surface area contributed by atoms with E-state index in [2.05, 4.69) is 54.7 Å². The highest BCUT2D eigenvalue weighted by molar-refractivity contribution is 7.98. The maximum absolute atomic E-state index is 3.40. The van der Waals surface area contributed by atoms with Gasteiger partial charge in [-0.25, -0.2) is 0 Å². The van der Waals surface area contributed by atoms with Crippen LogP contribution >= 0.6 is 11.8 Å². The fourth-order valence-corrected chi connectivity index (χ4v) is 3.84. The van der Waals surface area contributed by atoms with E-state index in [-0.39, 0.29) is 0 Å². The Labute approximate surface area is 128 Å². The summed E-state index contributed by atoms with van der Waals surface area (Å²) in [6.45, 7) is 5.80. The van der Waals surface area contributed by atoms with Crippen LogP contribution in [0.2, 0.25) is 0 Å². The molecule has 1 aromatic rings. The summed E-state index contributed by atoms with van der Waals surface area (Å²) < 4.78 is 0. The molecule has 0 spiro atoms. The Hall–Kier alpha value is -0.510. The fourth-order valence-electron chi connectivity index (χ4n) is 3.43. The molecule has 1 N–H and O–H groups in total. The zero-order valence-corrected chi connectivity index (χ0v) is 13.9. The summed E-state index contributed by atoms with van der Waals surface area (Å²) in [5, 5.41) is 3.40. The molecule has 2 atom stereocenters. The highest BCUT2D eigenvalue weighted by Gasteiger charge is 2.29. The maximum atomic E-state index is 3.40. The van der Waals surface area contributed by atoms with Gasteiger partial charge in [-0.3, -0.25) is 4.90 Å². The topological polar surface area (TPSA) is 15.3 Å². The summed E-state index contributed by atoms with van der Waals surface area (Å²) in [5.41, 5.74) is 1.49. The molecule has 0 saturated carbocycles. The number of hydrogen-bond acceptors (Lipinski definition) is 3. The zero-order valence-electron chi connectivity index (χ0n) is 13.1. The van der Waals surface area contributed by atoms with Gasteiger partial charge in [-0.2, -0.15) is 0 Å². The summed E-state index contributed by atoms with van der Waals surface area (Å²) in [6.07, 6.45) is 6.19. The lowest BCUT2D eigenvalue weighted by molar-refractivity contribution is 0.162. The van der Waals surface area contributed by atoms with Gasteiger partial charge in [0.25, 0.3) is 0 Å². The predicted molar refractivity (Wildman–Crippen MR) is 89.5 cm³/mol. The van der Waals surface area contributed by atoms with E-state index in [1.807, 2.05) is 11.8 Å². The molecular formula is C17H28N2S. The normalized spacial score (nSPS) is 24.6. The van der Waals surface area contributed by atoms with Gasteiger partial charge in [0.1, 0.15) is 0 Å². The second kappa shape index (κ2) is 8.06. The lowest BCUT2D eigenvalue weighted by Crippen LogP contribution is -2.36. The molecular weight excluding hydrogens is 264 g/mol. The van der Waals surface area contributed by atoms with E-state index in [4.69, 9.17) is 0 Å². The number of thioether (sulfide) groups is 1. The molecule has 1 fully saturated rings. The van der Waals surface area contributed by atoms with Crippen molar-refractivity contribution in [3.05, 3.63) is 29.8 Å². The molecule has 2 unspecified atom stereocenters. The van der Waals surface area contributed by atoms with Gasteiger partial charge >= 0.3 is 0 Å². The van der Waals surface area contributed by atoms with Gasteiger partial charge in [0.15, 0.2) is 0 Å². The average Bonchev–Trinajstić information content (AvgIpc) is 2.70. The minimum Gasteiger partial charge on any atom is -0.319 e. The molecule has 1 aliphatic rings. The van der Waals surface area contributed by atoms with E-state index in [0.717, 1.165) is 19.0 Å². The summed E-state index contributed by atoms with van der Waals surface area (Å²) in [7, 11) is 2.08. The molecule has 20 heavy (non-hydrogen) atoms. The van der Waals surface area contributed by atoms with Crippen molar-refractivity contribution in [1.82, 2.24) is 10.2 Å². The monoisotopic (exact) mass is 292 g/mol. The third-order valence-electron chi connectivity index (χ3n) is 4.44. The molecule has 1 heterocycles. The molecule has 0 aromatic heterocycles. The van der Waals surface area contributed by atoms with Crippen LogP contribution in [-0.4, -0.2) is 37.8 Å². The first-order valence-corrected chi connectivity index (χ1v) is 9.05. The smallest absolute Gasteiger partial charge is 0.0388 e. The summed E-state index contributed by atoms with van der Waals surface area (Å²) in [6, 6.07) is 9.80. The minimum absolute atomic E-state index is 0.575. The van der Waals surface area contributed by atoms with Crippen LogP contribution in [-0.2, 0) is 0 Å². The van der Waals surface area contributed by atoms with E-state index in [9.17, 15) is 0 Å². The molecule has 112 valence electrons. The van der Waals surface area contributed by atoms with Crippen molar-refractivity contribution >= 4 is 11.8 Å². The molecule has 0 radical (unpaired) electrons. The van der Waals surface area contributed by atoms with Crippen molar-refractivity contribution in [2.75, 3.05) is 32.9 Å². The molecule has 1 saturated heterocycles. The number of nitrogens with zero attached hydrogens (tertiary/aromatic N) is 1. The molecule has 0 aliphatic carbocycles. The van der Waals surface area contributed by atoms with Gasteiger partial charge in [-0.05, 0) is 69.4 Å². The maximum Gasteiger partial charge on any atom is 0.0388 e. The molecule has 1 aliphatic heterocycles. The molecule has 3 heteroatoms. The summed E-state index contributed by atoms with van der Waals surface area (Å²) >= 11 is 1.82. The lowest BCUT2D eigenvalue weighted by atomic mass is 9.89. The Morgan fingerprint density at radius 1 is 1.25 bits per heavy atom. The van der Waals surface area contributed by atoms with Crippen LogP contribution < -0.4 is 5.32 Å². The van der Waals surface area contributed by atoms with Crippen molar-refractivity contribution in [2.45, 2.75) is 37.1 Å². The number of nitrogens with one attached hydrogen (secondary N) is 1. The van der Waals surface area contributed by atoms with Crippen molar-refractivity contribution < 1.29 is 0 Å². The van der Waals surface area contributed by atoms with Crippen molar-refractivity contribution in [3.8, 4) is 0 Å². The zero-order chi connectivity index (χ0) is 14.4. The van der Waals surface area contributed by atoms with E-state index in [0.29, 0.717) is 6.04 Å². The highest BCUT2D eigenvalue weighted by Crippen LogP contribution is 2.35. The third kappa shape index (κ3) is 3.78. The van der Waals surface area contributed by atoms with E-state index in [1.165, 1.54) is 36.3 Å². The van der Waals surface area contributed by atoms with E-state index in [1.54, 1.807) is 0 Å². The summed E-state index contributed by atoms with van der Waals surface area (Å²) in [4.78, 5) is 4.03. The van der Waals surface area contributed by atoms with Crippen molar-refractivity contribution in [2.24, 2.45) is 5.92 Å². The Morgan fingerprint density at radius 3 is 2.60 bits per heavy atom. The Balaban J connectivity index is 2.27. The Kier molecular flexibility index (Phi) is 6.40. The molecule has 2 rings (SSSR count). The van der Waals surface area contributed by atoms with Crippen LogP contribution in [0.5, 0.6) is 0 Å². The average molecular weight is 292 g/mol. The molecule has 0 bridgehead atoms. The van der Waals surface area contributed by atoms with Crippen molar-refractivity contribution in [1.29, 1.82) is 0 Å². The van der Waals surface area contributed by atoms with Crippen LogP contribution in [0.25, 0.3) is 0 Å². The second-order valence-corrected chi connectivity index (χ2v) is 6.54. The largest absolute Gasteiger partial charge is 0.319 e. The van der Waals surface area contributed by atoms with E-state index >= 15 is 0 Å². The minimum atomic E-state index is 0.575. The predicted octanol–water partition coefficient (Wildman–Crippen LogP) is 3.79. The molecule has 2 nitrogen and oxygen atoms in total. The highest BCUT2D eigenvalue weighted by atomic mass is 32.2. The standard InChI is InChI=1S/C17H28N2S/c1-4-19-12-6-5-7-15(13-18-2)17(19)14-8-10-16(20-3)11-9-14/h8-11,15,17-18H,4-7,12-13H2,1-3H3. The van der Waals surface area contributed by atoms with Crippen molar-refractivity contribution in [3.63, 3.8) is 0 Å². The first-order chi connectivity index (χ1) is 9.80. The van der Waals surface area contributed by atoms with Gasteiger partial charge in [-0.1, -0.05) is 25.5 Å². The van der Waals surface area contributed by atoms with Gasteiger partial charge < -0.3 is 5.32 Å². The van der Waals surface area contributed by atoms with Crippen LogP contribution in [0.1, 0.15) is 37.8 Å². The Bertz CT molecular complexity index is 390. The van der Waals surface area contributed by atoms with E-state index < -0.39 is 0 Å².